The average molecular weight is 220 g/mol. The number of carboxylic acids is 1. The number of benzene rings is 1. The summed E-state index contributed by atoms with van der Waals surface area (Å²) < 4.78 is 0. The molecule has 1 aromatic carbocycles. The van der Waals surface area contributed by atoms with Gasteiger partial charge in [-0.15, -0.1) is 0 Å². The van der Waals surface area contributed by atoms with E-state index in [2.05, 4.69) is 0 Å². The van der Waals surface area contributed by atoms with Crippen molar-refractivity contribution >= 4 is 5.97 Å². The quantitative estimate of drug-likeness (QED) is 0.820. The van der Waals surface area contributed by atoms with Crippen LogP contribution in [0.2, 0.25) is 0 Å². The van der Waals surface area contributed by atoms with Crippen LogP contribution in [-0.2, 0) is 4.79 Å². The second-order valence-corrected chi connectivity index (χ2v) is 4.45. The van der Waals surface area contributed by atoms with Gasteiger partial charge in [-0.1, -0.05) is 24.6 Å². The Hall–Kier alpha value is -1.51. The summed E-state index contributed by atoms with van der Waals surface area (Å²) in [5.41, 5.74) is 0.787. The average Bonchev–Trinajstić information content (AvgIpc) is 2.14. The molecule has 2 N–H and O–H groups in total. The lowest BCUT2D eigenvalue weighted by Gasteiger charge is -2.33. The van der Waals surface area contributed by atoms with Gasteiger partial charge >= 0.3 is 5.97 Å². The van der Waals surface area contributed by atoms with E-state index in [0.717, 1.165) is 18.4 Å². The van der Waals surface area contributed by atoms with Crippen LogP contribution in [-0.4, -0.2) is 16.2 Å². The normalized spacial score (nSPS) is 17.8. The van der Waals surface area contributed by atoms with Crippen LogP contribution < -0.4 is 0 Å². The maximum Gasteiger partial charge on any atom is 0.303 e. The first kappa shape index (κ1) is 11.0. The van der Waals surface area contributed by atoms with Crippen molar-refractivity contribution in [2.75, 3.05) is 0 Å². The van der Waals surface area contributed by atoms with E-state index in [1.54, 1.807) is 12.1 Å². The van der Waals surface area contributed by atoms with Crippen molar-refractivity contribution in [2.45, 2.75) is 31.6 Å². The van der Waals surface area contributed by atoms with Gasteiger partial charge in [0.15, 0.2) is 0 Å². The van der Waals surface area contributed by atoms with Crippen LogP contribution in [0.25, 0.3) is 0 Å². The summed E-state index contributed by atoms with van der Waals surface area (Å²) in [6, 6.07) is 7.07. The number of rotatable bonds is 4. The van der Waals surface area contributed by atoms with Crippen molar-refractivity contribution in [3.63, 3.8) is 0 Å². The minimum atomic E-state index is -0.792. The summed E-state index contributed by atoms with van der Waals surface area (Å²) >= 11 is 0. The smallest absolute Gasteiger partial charge is 0.303 e. The Morgan fingerprint density at radius 1 is 1.38 bits per heavy atom. The minimum absolute atomic E-state index is 0.0348. The van der Waals surface area contributed by atoms with Crippen molar-refractivity contribution in [1.82, 2.24) is 0 Å². The highest BCUT2D eigenvalue weighted by atomic mass is 16.4. The van der Waals surface area contributed by atoms with Crippen LogP contribution in [0.4, 0.5) is 0 Å². The summed E-state index contributed by atoms with van der Waals surface area (Å²) in [5.74, 6) is -0.183. The Morgan fingerprint density at radius 3 is 2.56 bits per heavy atom. The van der Waals surface area contributed by atoms with E-state index in [4.69, 9.17) is 5.11 Å². The SMILES string of the molecule is O=C(O)CC(c1ccccc1O)C1CCC1. The lowest BCUT2D eigenvalue weighted by molar-refractivity contribution is -0.138. The number of para-hydroxylation sites is 1. The van der Waals surface area contributed by atoms with Crippen LogP contribution in [0.1, 0.15) is 37.2 Å². The van der Waals surface area contributed by atoms with Crippen molar-refractivity contribution in [2.24, 2.45) is 5.92 Å². The van der Waals surface area contributed by atoms with E-state index in [1.807, 2.05) is 12.1 Å². The molecule has 1 atom stereocenters. The summed E-state index contributed by atoms with van der Waals surface area (Å²) in [4.78, 5) is 10.9. The number of carboxylic acid groups (broad SMARTS) is 1. The maximum absolute atomic E-state index is 10.9. The number of carbonyl (C=O) groups is 1. The van der Waals surface area contributed by atoms with Gasteiger partial charge in [-0.05, 0) is 30.4 Å². The molecule has 0 radical (unpaired) electrons. The van der Waals surface area contributed by atoms with Crippen LogP contribution in [0.15, 0.2) is 24.3 Å². The van der Waals surface area contributed by atoms with Gasteiger partial charge in [0, 0.05) is 5.92 Å². The molecule has 3 heteroatoms. The molecule has 0 aromatic heterocycles. The van der Waals surface area contributed by atoms with Gasteiger partial charge < -0.3 is 10.2 Å². The Labute approximate surface area is 94.7 Å². The molecular weight excluding hydrogens is 204 g/mol. The number of aliphatic carboxylic acids is 1. The highest BCUT2D eigenvalue weighted by molar-refractivity contribution is 5.68. The first-order chi connectivity index (χ1) is 7.68. The molecule has 0 saturated heterocycles. The zero-order chi connectivity index (χ0) is 11.5. The topological polar surface area (TPSA) is 57.5 Å². The standard InChI is InChI=1S/C13H16O3/c14-12-7-2-1-6-10(12)11(8-13(15)16)9-4-3-5-9/h1-2,6-7,9,11,14H,3-5,8H2,(H,15,16). The number of phenols is 1. The monoisotopic (exact) mass is 220 g/mol. The van der Waals surface area contributed by atoms with Crippen LogP contribution in [0, 0.1) is 5.92 Å². The van der Waals surface area contributed by atoms with Gasteiger partial charge in [0.25, 0.3) is 0 Å². The van der Waals surface area contributed by atoms with E-state index in [0.29, 0.717) is 5.92 Å². The Kier molecular flexibility index (Phi) is 3.13. The molecule has 1 aromatic rings. The molecular formula is C13H16O3. The molecule has 2 rings (SSSR count). The molecule has 1 unspecified atom stereocenters. The van der Waals surface area contributed by atoms with Gasteiger partial charge in [-0.3, -0.25) is 4.79 Å². The predicted octanol–water partition coefficient (Wildman–Crippen LogP) is 2.75. The van der Waals surface area contributed by atoms with Crippen LogP contribution in [0.3, 0.4) is 0 Å². The third-order valence-corrected chi connectivity index (χ3v) is 3.45. The first-order valence-corrected chi connectivity index (χ1v) is 5.68. The fourth-order valence-corrected chi connectivity index (χ4v) is 2.36. The molecule has 0 amide bonds. The molecule has 0 aliphatic heterocycles. The van der Waals surface area contributed by atoms with Gasteiger partial charge in [0.05, 0.1) is 6.42 Å². The summed E-state index contributed by atoms with van der Waals surface area (Å²) in [6.07, 6.45) is 3.44. The second-order valence-electron chi connectivity index (χ2n) is 4.45. The third kappa shape index (κ3) is 2.18. The predicted molar refractivity (Wildman–Crippen MR) is 60.4 cm³/mol. The fourth-order valence-electron chi connectivity index (χ4n) is 2.36. The Bertz CT molecular complexity index is 383. The van der Waals surface area contributed by atoms with Crippen molar-refractivity contribution in [1.29, 1.82) is 0 Å². The molecule has 86 valence electrons. The maximum atomic E-state index is 10.9. The van der Waals surface area contributed by atoms with Crippen molar-refractivity contribution in [3.8, 4) is 5.75 Å². The summed E-state index contributed by atoms with van der Waals surface area (Å²) in [7, 11) is 0. The number of phenolic OH excluding ortho intramolecular Hbond substituents is 1. The van der Waals surface area contributed by atoms with Gasteiger partial charge in [-0.25, -0.2) is 0 Å². The van der Waals surface area contributed by atoms with Gasteiger partial charge in [0.1, 0.15) is 5.75 Å². The first-order valence-electron chi connectivity index (χ1n) is 5.68. The zero-order valence-corrected chi connectivity index (χ0v) is 9.10. The van der Waals surface area contributed by atoms with E-state index in [1.165, 1.54) is 6.42 Å². The molecule has 1 saturated carbocycles. The van der Waals surface area contributed by atoms with Crippen molar-refractivity contribution < 1.29 is 15.0 Å². The number of hydrogen-bond donors (Lipinski definition) is 2. The van der Waals surface area contributed by atoms with Gasteiger partial charge in [0.2, 0.25) is 0 Å². The van der Waals surface area contributed by atoms with E-state index in [-0.39, 0.29) is 18.1 Å². The molecule has 0 spiro atoms. The zero-order valence-electron chi connectivity index (χ0n) is 9.10. The number of hydrogen-bond acceptors (Lipinski definition) is 2. The highest BCUT2D eigenvalue weighted by Crippen LogP contribution is 2.43. The third-order valence-electron chi connectivity index (χ3n) is 3.45. The largest absolute Gasteiger partial charge is 0.508 e. The molecule has 16 heavy (non-hydrogen) atoms. The summed E-state index contributed by atoms with van der Waals surface area (Å²) in [5, 5.41) is 18.7. The lowest BCUT2D eigenvalue weighted by Crippen LogP contribution is -2.22. The molecule has 1 fully saturated rings. The Balaban J connectivity index is 2.23. The minimum Gasteiger partial charge on any atom is -0.508 e. The molecule has 1 aliphatic carbocycles. The fraction of sp³-hybridized carbons (Fsp3) is 0.462. The molecule has 1 aliphatic rings. The van der Waals surface area contributed by atoms with Crippen LogP contribution in [0.5, 0.6) is 5.75 Å². The summed E-state index contributed by atoms with van der Waals surface area (Å²) in [6.45, 7) is 0. The van der Waals surface area contributed by atoms with Gasteiger partial charge in [-0.2, -0.15) is 0 Å². The van der Waals surface area contributed by atoms with E-state index < -0.39 is 5.97 Å². The van der Waals surface area contributed by atoms with Crippen molar-refractivity contribution in [3.05, 3.63) is 29.8 Å². The molecule has 0 bridgehead atoms. The second kappa shape index (κ2) is 4.56. The van der Waals surface area contributed by atoms with E-state index >= 15 is 0 Å². The lowest BCUT2D eigenvalue weighted by atomic mass is 9.71. The van der Waals surface area contributed by atoms with Crippen LogP contribution >= 0.6 is 0 Å². The molecule has 0 heterocycles. The van der Waals surface area contributed by atoms with E-state index in [9.17, 15) is 9.90 Å². The highest BCUT2D eigenvalue weighted by Gasteiger charge is 2.31. The number of aromatic hydroxyl groups is 1. The molecule has 3 nitrogen and oxygen atoms in total. The Morgan fingerprint density at radius 2 is 2.06 bits per heavy atom.